The molecular formula is C17H33B. The van der Waals surface area contributed by atoms with Gasteiger partial charge in [0.15, 0.2) is 0 Å². The van der Waals surface area contributed by atoms with E-state index in [0.717, 1.165) is 0 Å². The van der Waals surface area contributed by atoms with E-state index in [0.29, 0.717) is 23.1 Å². The molecule has 0 amide bonds. The summed E-state index contributed by atoms with van der Waals surface area (Å²) in [7, 11) is 5.77. The van der Waals surface area contributed by atoms with Crippen LogP contribution >= 0.6 is 0 Å². The minimum absolute atomic E-state index is 0.414. The van der Waals surface area contributed by atoms with Gasteiger partial charge in [0.1, 0.15) is 0 Å². The molecule has 0 rings (SSSR count). The quantitative estimate of drug-likeness (QED) is 0.395. The Kier molecular flexibility index (Phi) is 7.33. The highest BCUT2D eigenvalue weighted by Gasteiger charge is 2.18. The molecule has 18 heavy (non-hydrogen) atoms. The molecule has 0 aromatic rings. The van der Waals surface area contributed by atoms with E-state index in [9.17, 15) is 0 Å². The van der Waals surface area contributed by atoms with E-state index in [4.69, 9.17) is 7.85 Å². The standard InChI is InChI=1S/C17H33B/c1-14(13-18)15(10-12-17(5,6)7)9-8-11-16(2,3)4/h15H,1,8-13H2,2-7H3. The van der Waals surface area contributed by atoms with E-state index in [-0.39, 0.29) is 0 Å². The second-order valence-electron chi connectivity index (χ2n) is 8.11. The Balaban J connectivity index is 4.21. The second-order valence-corrected chi connectivity index (χ2v) is 8.11. The first-order chi connectivity index (χ1) is 8.05. The molecule has 0 aromatic heterocycles. The van der Waals surface area contributed by atoms with Crippen molar-refractivity contribution in [1.82, 2.24) is 0 Å². The van der Waals surface area contributed by atoms with E-state index in [2.05, 4.69) is 48.1 Å². The van der Waals surface area contributed by atoms with Crippen LogP contribution in [0.4, 0.5) is 0 Å². The minimum atomic E-state index is 0.414. The van der Waals surface area contributed by atoms with Crippen LogP contribution in [0.1, 0.15) is 73.6 Å². The third kappa shape index (κ3) is 9.80. The highest BCUT2D eigenvalue weighted by Crippen LogP contribution is 2.32. The third-order valence-corrected chi connectivity index (χ3v) is 3.56. The van der Waals surface area contributed by atoms with Crippen LogP contribution in [-0.4, -0.2) is 7.85 Å². The fraction of sp³-hybridized carbons (Fsp3) is 0.882. The van der Waals surface area contributed by atoms with Gasteiger partial charge in [0.25, 0.3) is 0 Å². The monoisotopic (exact) mass is 248 g/mol. The molecular weight excluding hydrogens is 215 g/mol. The molecule has 104 valence electrons. The van der Waals surface area contributed by atoms with Crippen LogP contribution in [-0.2, 0) is 0 Å². The van der Waals surface area contributed by atoms with Crippen molar-refractivity contribution >= 4 is 7.85 Å². The van der Waals surface area contributed by atoms with Crippen molar-refractivity contribution in [2.24, 2.45) is 16.7 Å². The summed E-state index contributed by atoms with van der Waals surface area (Å²) in [6.45, 7) is 18.0. The van der Waals surface area contributed by atoms with Crippen LogP contribution in [0.3, 0.4) is 0 Å². The van der Waals surface area contributed by atoms with Crippen molar-refractivity contribution in [3.8, 4) is 0 Å². The molecule has 0 heterocycles. The lowest BCUT2D eigenvalue weighted by molar-refractivity contribution is 0.308. The Labute approximate surface area is 117 Å². The fourth-order valence-electron chi connectivity index (χ4n) is 2.21. The lowest BCUT2D eigenvalue weighted by Crippen LogP contribution is -2.12. The predicted molar refractivity (Wildman–Crippen MR) is 85.2 cm³/mol. The van der Waals surface area contributed by atoms with E-state index >= 15 is 0 Å². The molecule has 0 aliphatic rings. The zero-order chi connectivity index (χ0) is 14.4. The lowest BCUT2D eigenvalue weighted by Gasteiger charge is -2.26. The van der Waals surface area contributed by atoms with Crippen LogP contribution in [0.5, 0.6) is 0 Å². The highest BCUT2D eigenvalue weighted by atomic mass is 14.2. The smallest absolute Gasteiger partial charge is 0.0712 e. The molecule has 0 N–H and O–H groups in total. The highest BCUT2D eigenvalue weighted by molar-refractivity contribution is 6.10. The van der Waals surface area contributed by atoms with Gasteiger partial charge < -0.3 is 0 Å². The van der Waals surface area contributed by atoms with Gasteiger partial charge in [0.05, 0.1) is 7.85 Å². The SMILES string of the molecule is [B]CC(=C)C(CCCC(C)(C)C)CCC(C)(C)C. The van der Waals surface area contributed by atoms with E-state index in [1.165, 1.54) is 37.7 Å². The minimum Gasteiger partial charge on any atom is -0.100 e. The first kappa shape index (κ1) is 17.8. The molecule has 0 spiro atoms. The second kappa shape index (κ2) is 7.41. The molecule has 0 nitrogen and oxygen atoms in total. The van der Waals surface area contributed by atoms with Gasteiger partial charge in [0.2, 0.25) is 0 Å². The van der Waals surface area contributed by atoms with E-state index < -0.39 is 0 Å². The molecule has 0 saturated carbocycles. The number of hydrogen-bond donors (Lipinski definition) is 0. The first-order valence-corrected chi connectivity index (χ1v) is 7.43. The Bertz CT molecular complexity index is 239. The molecule has 2 radical (unpaired) electrons. The van der Waals surface area contributed by atoms with Crippen molar-refractivity contribution in [3.63, 3.8) is 0 Å². The average molecular weight is 248 g/mol. The normalized spacial score (nSPS) is 14.6. The third-order valence-electron chi connectivity index (χ3n) is 3.56. The fourth-order valence-corrected chi connectivity index (χ4v) is 2.21. The topological polar surface area (TPSA) is 0 Å². The van der Waals surface area contributed by atoms with Crippen molar-refractivity contribution in [2.75, 3.05) is 0 Å². The van der Waals surface area contributed by atoms with Gasteiger partial charge in [-0.05, 0) is 42.4 Å². The van der Waals surface area contributed by atoms with Crippen LogP contribution in [0.2, 0.25) is 6.32 Å². The summed E-state index contributed by atoms with van der Waals surface area (Å²) in [4.78, 5) is 0. The number of allylic oxidation sites excluding steroid dienone is 1. The van der Waals surface area contributed by atoms with Crippen LogP contribution in [0.15, 0.2) is 12.2 Å². The number of hydrogen-bond acceptors (Lipinski definition) is 0. The molecule has 1 heteroatoms. The maximum absolute atomic E-state index is 5.77. The summed E-state index contributed by atoms with van der Waals surface area (Å²) in [6.07, 6.45) is 6.97. The molecule has 0 aromatic carbocycles. The Morgan fingerprint density at radius 1 is 0.944 bits per heavy atom. The lowest BCUT2D eigenvalue weighted by atomic mass is 9.78. The largest absolute Gasteiger partial charge is 0.100 e. The van der Waals surface area contributed by atoms with E-state index in [1.54, 1.807) is 0 Å². The molecule has 1 atom stereocenters. The van der Waals surface area contributed by atoms with Gasteiger partial charge in [-0.1, -0.05) is 59.9 Å². The van der Waals surface area contributed by atoms with Crippen molar-refractivity contribution < 1.29 is 0 Å². The van der Waals surface area contributed by atoms with Crippen LogP contribution < -0.4 is 0 Å². The number of rotatable bonds is 7. The van der Waals surface area contributed by atoms with Gasteiger partial charge in [-0.2, -0.15) is 0 Å². The molecule has 0 aliphatic heterocycles. The summed E-state index contributed by atoms with van der Waals surface area (Å²) < 4.78 is 0. The zero-order valence-electron chi connectivity index (χ0n) is 13.6. The van der Waals surface area contributed by atoms with Gasteiger partial charge in [0, 0.05) is 0 Å². The van der Waals surface area contributed by atoms with Crippen molar-refractivity contribution in [1.29, 1.82) is 0 Å². The summed E-state index contributed by atoms with van der Waals surface area (Å²) in [6, 6.07) is 0. The summed E-state index contributed by atoms with van der Waals surface area (Å²) in [5.74, 6) is 0.622. The molecule has 0 bridgehead atoms. The van der Waals surface area contributed by atoms with Crippen molar-refractivity contribution in [3.05, 3.63) is 12.2 Å². The van der Waals surface area contributed by atoms with Gasteiger partial charge in [-0.25, -0.2) is 0 Å². The maximum Gasteiger partial charge on any atom is 0.0712 e. The first-order valence-electron chi connectivity index (χ1n) is 7.43. The molecule has 0 saturated heterocycles. The Hall–Kier alpha value is -0.195. The summed E-state index contributed by atoms with van der Waals surface area (Å²) >= 11 is 0. The van der Waals surface area contributed by atoms with Gasteiger partial charge in [-0.3, -0.25) is 0 Å². The molecule has 1 unspecified atom stereocenters. The van der Waals surface area contributed by atoms with Crippen LogP contribution in [0, 0.1) is 16.7 Å². The van der Waals surface area contributed by atoms with Gasteiger partial charge >= 0.3 is 0 Å². The zero-order valence-corrected chi connectivity index (χ0v) is 13.6. The van der Waals surface area contributed by atoms with Gasteiger partial charge in [-0.15, -0.1) is 6.58 Å². The average Bonchev–Trinajstić information content (AvgIpc) is 2.19. The Morgan fingerprint density at radius 3 is 1.83 bits per heavy atom. The summed E-state index contributed by atoms with van der Waals surface area (Å²) in [5.41, 5.74) is 2.10. The van der Waals surface area contributed by atoms with Crippen molar-refractivity contribution in [2.45, 2.75) is 80.0 Å². The maximum atomic E-state index is 5.77. The predicted octanol–water partition coefficient (Wildman–Crippen LogP) is 5.79. The Morgan fingerprint density at radius 2 is 1.44 bits per heavy atom. The summed E-state index contributed by atoms with van der Waals surface area (Å²) in [5, 5.41) is 0. The van der Waals surface area contributed by atoms with Crippen LogP contribution in [0.25, 0.3) is 0 Å². The van der Waals surface area contributed by atoms with E-state index in [1.807, 2.05) is 0 Å². The molecule has 0 fully saturated rings. The molecule has 0 aliphatic carbocycles.